The van der Waals surface area contributed by atoms with Gasteiger partial charge in [0.05, 0.1) is 6.42 Å². The average Bonchev–Trinajstić information content (AvgIpc) is 3.06. The van der Waals surface area contributed by atoms with Crippen LogP contribution in [0.15, 0.2) is 97.1 Å². The van der Waals surface area contributed by atoms with E-state index in [0.29, 0.717) is 12.1 Å². The third-order valence-corrected chi connectivity index (χ3v) is 8.78. The maximum absolute atomic E-state index is 13.8. The van der Waals surface area contributed by atoms with Crippen molar-refractivity contribution < 1.29 is 58.5 Å². The van der Waals surface area contributed by atoms with E-state index in [0.717, 1.165) is 59.4 Å². The van der Waals surface area contributed by atoms with Crippen molar-refractivity contribution in [3.8, 4) is 11.5 Å². The number of benzene rings is 4. The van der Waals surface area contributed by atoms with Gasteiger partial charge in [-0.25, -0.2) is 0 Å². The number of aliphatic carboxylic acids is 1. The molecule has 1 amide bonds. The average molecular weight is 670 g/mol. The van der Waals surface area contributed by atoms with Gasteiger partial charge < -0.3 is 24.7 Å². The Morgan fingerprint density at radius 3 is 2.08 bits per heavy atom. The summed E-state index contributed by atoms with van der Waals surface area (Å²) < 4.78 is 12.0. The summed E-state index contributed by atoms with van der Waals surface area (Å²) in [7, 11) is 0. The van der Waals surface area contributed by atoms with Gasteiger partial charge in [0.15, 0.2) is 0 Å². The number of carboxylic acid groups (broad SMARTS) is 1. The second-order valence-electron chi connectivity index (χ2n) is 13.5. The van der Waals surface area contributed by atoms with Crippen molar-refractivity contribution in [2.24, 2.45) is 0 Å². The Morgan fingerprint density at radius 2 is 1.45 bits per heavy atom. The number of carboxylic acids is 1. The fourth-order valence-electron chi connectivity index (χ4n) is 6.33. The zero-order valence-electron chi connectivity index (χ0n) is 29.0. The predicted octanol–water partition coefficient (Wildman–Crippen LogP) is 5.17. The van der Waals surface area contributed by atoms with E-state index in [4.69, 9.17) is 9.47 Å². The van der Waals surface area contributed by atoms with Gasteiger partial charge in [-0.3, -0.25) is 9.59 Å². The molecule has 4 aromatic rings. The minimum atomic E-state index is -1.29. The molecule has 49 heavy (non-hydrogen) atoms. The van der Waals surface area contributed by atoms with E-state index in [1.807, 2.05) is 84.9 Å². The number of rotatable bonds is 14. The molecule has 1 atom stereocenters. The molecule has 1 unspecified atom stereocenters. The number of hydrogen-bond acceptors (Lipinski definition) is 6. The summed E-state index contributed by atoms with van der Waals surface area (Å²) >= 11 is 0. The summed E-state index contributed by atoms with van der Waals surface area (Å²) in [4.78, 5) is 37.6. The van der Waals surface area contributed by atoms with Gasteiger partial charge in [-0.15, -0.1) is 0 Å². The normalized spacial score (nSPS) is 12.8. The number of hydrogen-bond donors (Lipinski definition) is 1. The molecule has 1 aliphatic rings. The van der Waals surface area contributed by atoms with Crippen LogP contribution in [0.3, 0.4) is 0 Å². The number of carbonyl (C=O) groups excluding carboxylic acids is 3. The first-order valence-electron chi connectivity index (χ1n) is 16.8. The fraction of sp³-hybridized carbons (Fsp3) is 0.341. The SMILES string of the molecule is CC(C)(C)c1ccc(C(CCCCCc2ccccc2)OC(=O)CCC(=O)[O-])cc1NC(=O)CC1c2ccccc2Oc2ccccc21.[Na+]. The topological polar surface area (TPSA) is 105 Å². The van der Waals surface area contributed by atoms with Crippen molar-refractivity contribution in [2.75, 3.05) is 5.32 Å². The maximum Gasteiger partial charge on any atom is 1.00 e. The van der Waals surface area contributed by atoms with Crippen LogP contribution in [0, 0.1) is 0 Å². The Hall–Kier alpha value is -3.91. The summed E-state index contributed by atoms with van der Waals surface area (Å²) in [6, 6.07) is 31.8. The molecule has 0 aliphatic carbocycles. The summed E-state index contributed by atoms with van der Waals surface area (Å²) in [5, 5.41) is 14.2. The van der Waals surface area contributed by atoms with Gasteiger partial charge in [0, 0.05) is 35.1 Å². The Kier molecular flexibility index (Phi) is 13.7. The van der Waals surface area contributed by atoms with Crippen LogP contribution in [0.1, 0.15) is 106 Å². The number of para-hydroxylation sites is 2. The Morgan fingerprint density at radius 1 is 0.816 bits per heavy atom. The third-order valence-electron chi connectivity index (χ3n) is 8.78. The minimum Gasteiger partial charge on any atom is -0.550 e. The van der Waals surface area contributed by atoms with E-state index < -0.39 is 24.5 Å². The smallest absolute Gasteiger partial charge is 0.550 e. The molecule has 0 spiro atoms. The first kappa shape index (κ1) is 37.9. The Bertz CT molecular complexity index is 1690. The number of aryl methyl sites for hydroxylation is 1. The molecule has 0 fully saturated rings. The zero-order valence-corrected chi connectivity index (χ0v) is 31.0. The molecule has 0 saturated heterocycles. The molecule has 250 valence electrons. The van der Waals surface area contributed by atoms with Gasteiger partial charge >= 0.3 is 35.5 Å². The van der Waals surface area contributed by atoms with Crippen molar-refractivity contribution in [1.82, 2.24) is 0 Å². The van der Waals surface area contributed by atoms with Crippen LogP contribution in [0.2, 0.25) is 0 Å². The Labute approximate surface area is 311 Å². The first-order valence-corrected chi connectivity index (χ1v) is 16.8. The van der Waals surface area contributed by atoms with Gasteiger partial charge in [-0.1, -0.05) is 106 Å². The quantitative estimate of drug-likeness (QED) is 0.113. The summed E-state index contributed by atoms with van der Waals surface area (Å²) in [5.41, 5.74) is 5.31. The van der Waals surface area contributed by atoms with Gasteiger partial charge in [0.1, 0.15) is 17.6 Å². The van der Waals surface area contributed by atoms with Crippen LogP contribution in [-0.2, 0) is 31.0 Å². The Balaban J connectivity index is 0.00000541. The molecule has 0 bridgehead atoms. The van der Waals surface area contributed by atoms with E-state index in [1.54, 1.807) is 0 Å². The van der Waals surface area contributed by atoms with E-state index in [-0.39, 0.29) is 59.6 Å². The monoisotopic (exact) mass is 669 g/mol. The molecule has 1 N–H and O–H groups in total. The third kappa shape index (κ3) is 10.5. The van der Waals surface area contributed by atoms with Crippen LogP contribution in [0.4, 0.5) is 5.69 Å². The zero-order chi connectivity index (χ0) is 34.1. The molecule has 0 saturated carbocycles. The number of fused-ring (bicyclic) bond motifs is 2. The van der Waals surface area contributed by atoms with Gasteiger partial charge in [0.25, 0.3) is 0 Å². The molecule has 8 heteroatoms. The molecule has 5 rings (SSSR count). The summed E-state index contributed by atoms with van der Waals surface area (Å²) in [5.74, 6) is -0.704. The predicted molar refractivity (Wildman–Crippen MR) is 185 cm³/mol. The number of carbonyl (C=O) groups is 3. The van der Waals surface area contributed by atoms with Crippen molar-refractivity contribution in [2.45, 2.75) is 89.6 Å². The number of anilines is 1. The fourth-order valence-corrected chi connectivity index (χ4v) is 6.33. The number of nitrogens with one attached hydrogen (secondary N) is 1. The molecule has 1 heterocycles. The van der Waals surface area contributed by atoms with Crippen molar-refractivity contribution in [1.29, 1.82) is 0 Å². The number of ether oxygens (including phenoxy) is 2. The molecule has 0 aromatic heterocycles. The summed E-state index contributed by atoms with van der Waals surface area (Å²) in [6.07, 6.45) is 3.27. The standard InChI is InChI=1S/C41H45NO6.Na/c1-41(2,3)33-23-22-29(35(48-40(46)25-24-39(44)45)19-9-5-8-16-28-14-6-4-7-15-28)26-34(33)42-38(43)27-32-30-17-10-12-20-36(30)47-37-21-13-11-18-31(32)37;/h4,6-7,10-15,17-18,20-23,26,32,35H,5,8-9,16,19,24-25,27H2,1-3H3,(H,42,43)(H,44,45);/q;+1/p-1. The maximum atomic E-state index is 13.8. The molecule has 0 radical (unpaired) electrons. The molecular weight excluding hydrogens is 625 g/mol. The van der Waals surface area contributed by atoms with Crippen LogP contribution < -0.4 is 44.7 Å². The second-order valence-corrected chi connectivity index (χ2v) is 13.5. The number of amides is 1. The largest absolute Gasteiger partial charge is 1.00 e. The number of unbranched alkanes of at least 4 members (excludes halogenated alkanes) is 2. The van der Waals surface area contributed by atoms with Gasteiger partial charge in [0.2, 0.25) is 5.91 Å². The van der Waals surface area contributed by atoms with E-state index in [2.05, 4.69) is 38.2 Å². The van der Waals surface area contributed by atoms with Gasteiger partial charge in [-0.2, -0.15) is 0 Å². The van der Waals surface area contributed by atoms with Crippen molar-refractivity contribution in [3.05, 3.63) is 125 Å². The van der Waals surface area contributed by atoms with Crippen LogP contribution in [0.5, 0.6) is 11.5 Å². The van der Waals surface area contributed by atoms with Gasteiger partial charge in [-0.05, 0) is 72.4 Å². The minimum absolute atomic E-state index is 0. The van der Waals surface area contributed by atoms with Crippen LogP contribution >= 0.6 is 0 Å². The second kappa shape index (κ2) is 17.7. The van der Waals surface area contributed by atoms with Crippen LogP contribution in [-0.4, -0.2) is 17.8 Å². The summed E-state index contributed by atoms with van der Waals surface area (Å²) in [6.45, 7) is 6.27. The molecular formula is C41H44NNaO6. The molecule has 1 aliphatic heterocycles. The number of esters is 1. The van der Waals surface area contributed by atoms with E-state index >= 15 is 0 Å². The van der Waals surface area contributed by atoms with E-state index in [1.165, 1.54) is 5.56 Å². The van der Waals surface area contributed by atoms with Crippen LogP contribution in [0.25, 0.3) is 0 Å². The molecule has 4 aromatic carbocycles. The molecule has 7 nitrogen and oxygen atoms in total. The van der Waals surface area contributed by atoms with Crippen molar-refractivity contribution >= 4 is 23.5 Å². The van der Waals surface area contributed by atoms with Crippen molar-refractivity contribution in [3.63, 3.8) is 0 Å². The first-order chi connectivity index (χ1) is 23.1. The van der Waals surface area contributed by atoms with E-state index in [9.17, 15) is 19.5 Å².